The van der Waals surface area contributed by atoms with Gasteiger partial charge in [0, 0.05) is 25.6 Å². The summed E-state index contributed by atoms with van der Waals surface area (Å²) in [6, 6.07) is 9.76. The SMILES string of the molecule is Cn1c(SCC(=O)N2CCCC2=O)nnc1-c1ccccc1. The molecule has 2 heterocycles. The molecule has 0 bridgehead atoms. The van der Waals surface area contributed by atoms with Crippen LogP contribution in [0.25, 0.3) is 11.4 Å². The maximum atomic E-state index is 12.0. The van der Waals surface area contributed by atoms with E-state index in [1.807, 2.05) is 41.9 Å². The molecule has 1 fully saturated rings. The number of hydrogen-bond acceptors (Lipinski definition) is 5. The van der Waals surface area contributed by atoms with Gasteiger partial charge in [-0.15, -0.1) is 10.2 Å². The summed E-state index contributed by atoms with van der Waals surface area (Å²) in [6.45, 7) is 0.534. The summed E-state index contributed by atoms with van der Waals surface area (Å²) in [5.41, 5.74) is 0.977. The molecule has 1 aliphatic heterocycles. The molecule has 1 aromatic carbocycles. The lowest BCUT2D eigenvalue weighted by atomic mass is 10.2. The first kappa shape index (κ1) is 14.8. The molecule has 2 aromatic rings. The topological polar surface area (TPSA) is 68.1 Å². The average Bonchev–Trinajstić information content (AvgIpc) is 3.12. The largest absolute Gasteiger partial charge is 0.305 e. The van der Waals surface area contributed by atoms with Crippen LogP contribution < -0.4 is 0 Å². The van der Waals surface area contributed by atoms with E-state index in [1.165, 1.54) is 16.7 Å². The highest BCUT2D eigenvalue weighted by Crippen LogP contribution is 2.23. The van der Waals surface area contributed by atoms with Crippen LogP contribution in [-0.4, -0.2) is 43.8 Å². The van der Waals surface area contributed by atoms with Crippen LogP contribution in [0.2, 0.25) is 0 Å². The molecule has 0 atom stereocenters. The van der Waals surface area contributed by atoms with Crippen molar-refractivity contribution in [2.24, 2.45) is 7.05 Å². The second-order valence-electron chi connectivity index (χ2n) is 5.06. The summed E-state index contributed by atoms with van der Waals surface area (Å²) in [4.78, 5) is 24.9. The summed E-state index contributed by atoms with van der Waals surface area (Å²) >= 11 is 1.31. The fraction of sp³-hybridized carbons (Fsp3) is 0.333. The number of rotatable bonds is 4. The highest BCUT2D eigenvalue weighted by molar-refractivity contribution is 7.99. The molecule has 114 valence electrons. The minimum absolute atomic E-state index is 0.0754. The van der Waals surface area contributed by atoms with Crippen molar-refractivity contribution in [3.63, 3.8) is 0 Å². The Bertz CT molecular complexity index is 699. The van der Waals surface area contributed by atoms with E-state index in [1.54, 1.807) is 0 Å². The Balaban J connectivity index is 1.68. The quantitative estimate of drug-likeness (QED) is 0.804. The zero-order valence-electron chi connectivity index (χ0n) is 12.2. The second kappa shape index (κ2) is 6.31. The van der Waals surface area contributed by atoms with Gasteiger partial charge < -0.3 is 4.57 Å². The molecule has 1 saturated heterocycles. The predicted octanol–water partition coefficient (Wildman–Crippen LogP) is 1.72. The van der Waals surface area contributed by atoms with Crippen LogP contribution in [0, 0.1) is 0 Å². The molecular weight excluding hydrogens is 300 g/mol. The monoisotopic (exact) mass is 316 g/mol. The number of aromatic nitrogens is 3. The molecule has 1 aliphatic rings. The molecule has 0 spiro atoms. The summed E-state index contributed by atoms with van der Waals surface area (Å²) in [7, 11) is 1.87. The van der Waals surface area contributed by atoms with Crippen molar-refractivity contribution in [2.75, 3.05) is 12.3 Å². The molecule has 0 unspecified atom stereocenters. The van der Waals surface area contributed by atoms with Crippen LogP contribution in [0.4, 0.5) is 0 Å². The summed E-state index contributed by atoms with van der Waals surface area (Å²) < 4.78 is 1.86. The minimum Gasteiger partial charge on any atom is -0.305 e. The average molecular weight is 316 g/mol. The first-order valence-corrected chi connectivity index (χ1v) is 8.06. The van der Waals surface area contributed by atoms with Gasteiger partial charge in [0.05, 0.1) is 5.75 Å². The maximum absolute atomic E-state index is 12.0. The Kier molecular flexibility index (Phi) is 4.24. The zero-order chi connectivity index (χ0) is 15.5. The molecule has 7 heteroatoms. The van der Waals surface area contributed by atoms with Crippen LogP contribution in [0.1, 0.15) is 12.8 Å². The van der Waals surface area contributed by atoms with Crippen LogP contribution in [0.3, 0.4) is 0 Å². The smallest absolute Gasteiger partial charge is 0.239 e. The molecule has 0 aliphatic carbocycles. The van der Waals surface area contributed by atoms with Gasteiger partial charge >= 0.3 is 0 Å². The third-order valence-corrected chi connectivity index (χ3v) is 4.57. The predicted molar refractivity (Wildman–Crippen MR) is 83.1 cm³/mol. The first-order valence-electron chi connectivity index (χ1n) is 7.07. The number of thioether (sulfide) groups is 1. The van der Waals surface area contributed by atoms with Gasteiger partial charge in [-0.2, -0.15) is 0 Å². The lowest BCUT2D eigenvalue weighted by Gasteiger charge is -2.12. The number of imide groups is 1. The van der Waals surface area contributed by atoms with Gasteiger partial charge in [0.25, 0.3) is 0 Å². The number of likely N-dealkylation sites (tertiary alicyclic amines) is 1. The van der Waals surface area contributed by atoms with Gasteiger partial charge in [0.1, 0.15) is 0 Å². The van der Waals surface area contributed by atoms with E-state index in [9.17, 15) is 9.59 Å². The van der Waals surface area contributed by atoms with Crippen LogP contribution in [0.5, 0.6) is 0 Å². The van der Waals surface area contributed by atoms with Crippen molar-refractivity contribution in [2.45, 2.75) is 18.0 Å². The van der Waals surface area contributed by atoms with Gasteiger partial charge in [0.2, 0.25) is 11.8 Å². The van der Waals surface area contributed by atoms with Crippen molar-refractivity contribution in [3.8, 4) is 11.4 Å². The van der Waals surface area contributed by atoms with Crippen molar-refractivity contribution in [1.29, 1.82) is 0 Å². The fourth-order valence-electron chi connectivity index (χ4n) is 2.40. The van der Waals surface area contributed by atoms with Gasteiger partial charge in [0.15, 0.2) is 11.0 Å². The van der Waals surface area contributed by atoms with E-state index in [4.69, 9.17) is 0 Å². The number of hydrogen-bond donors (Lipinski definition) is 0. The number of carbonyl (C=O) groups excluding carboxylic acids is 2. The normalized spacial score (nSPS) is 14.6. The molecule has 0 radical (unpaired) electrons. The van der Waals surface area contributed by atoms with E-state index < -0.39 is 0 Å². The summed E-state index contributed by atoms with van der Waals surface area (Å²) in [5, 5.41) is 8.97. The van der Waals surface area contributed by atoms with Crippen LogP contribution >= 0.6 is 11.8 Å². The van der Waals surface area contributed by atoms with Crippen molar-refractivity contribution in [3.05, 3.63) is 30.3 Å². The molecule has 1 aromatic heterocycles. The van der Waals surface area contributed by atoms with Gasteiger partial charge in [-0.25, -0.2) is 0 Å². The van der Waals surface area contributed by atoms with E-state index in [2.05, 4.69) is 10.2 Å². The van der Waals surface area contributed by atoms with Crippen molar-refractivity contribution in [1.82, 2.24) is 19.7 Å². The lowest BCUT2D eigenvalue weighted by Crippen LogP contribution is -2.33. The standard InChI is InChI=1S/C15H16N4O2S/c1-18-14(11-6-3-2-4-7-11)16-17-15(18)22-10-13(21)19-9-5-8-12(19)20/h2-4,6-7H,5,8-10H2,1H3. The van der Waals surface area contributed by atoms with Crippen molar-refractivity contribution >= 4 is 23.6 Å². The third-order valence-electron chi connectivity index (χ3n) is 3.57. The number of carbonyl (C=O) groups is 2. The van der Waals surface area contributed by atoms with E-state index >= 15 is 0 Å². The molecule has 0 N–H and O–H groups in total. The van der Waals surface area contributed by atoms with Gasteiger partial charge in [-0.05, 0) is 6.42 Å². The Hall–Kier alpha value is -2.15. The van der Waals surface area contributed by atoms with E-state index in [0.29, 0.717) is 18.1 Å². The second-order valence-corrected chi connectivity index (χ2v) is 6.01. The molecule has 22 heavy (non-hydrogen) atoms. The Morgan fingerprint density at radius 3 is 2.73 bits per heavy atom. The van der Waals surface area contributed by atoms with Crippen LogP contribution in [-0.2, 0) is 16.6 Å². The zero-order valence-corrected chi connectivity index (χ0v) is 13.0. The number of benzene rings is 1. The van der Waals surface area contributed by atoms with E-state index in [-0.39, 0.29) is 17.6 Å². The summed E-state index contributed by atoms with van der Waals surface area (Å²) in [5.74, 6) is 0.727. The molecule has 6 nitrogen and oxygen atoms in total. The third kappa shape index (κ3) is 2.89. The molecule has 0 saturated carbocycles. The van der Waals surface area contributed by atoms with E-state index in [0.717, 1.165) is 17.8 Å². The molecule has 2 amide bonds. The Morgan fingerprint density at radius 1 is 1.27 bits per heavy atom. The fourth-order valence-corrected chi connectivity index (χ4v) is 3.18. The van der Waals surface area contributed by atoms with Gasteiger partial charge in [-0.1, -0.05) is 42.1 Å². The Morgan fingerprint density at radius 2 is 2.05 bits per heavy atom. The minimum atomic E-state index is -0.156. The summed E-state index contributed by atoms with van der Waals surface area (Å²) in [6.07, 6.45) is 1.23. The van der Waals surface area contributed by atoms with Crippen molar-refractivity contribution < 1.29 is 9.59 Å². The highest BCUT2D eigenvalue weighted by atomic mass is 32.2. The number of nitrogens with zero attached hydrogens (tertiary/aromatic N) is 4. The molecule has 3 rings (SSSR count). The van der Waals surface area contributed by atoms with Gasteiger partial charge in [-0.3, -0.25) is 14.5 Å². The maximum Gasteiger partial charge on any atom is 0.239 e. The highest BCUT2D eigenvalue weighted by Gasteiger charge is 2.26. The first-order chi connectivity index (χ1) is 10.7. The van der Waals surface area contributed by atoms with Crippen LogP contribution in [0.15, 0.2) is 35.5 Å². The molecular formula is C15H16N4O2S. The lowest BCUT2D eigenvalue weighted by molar-refractivity contribution is -0.140. The Labute approximate surface area is 132 Å². The number of amides is 2.